The highest BCUT2D eigenvalue weighted by Crippen LogP contribution is 2.26. The van der Waals surface area contributed by atoms with Crippen LogP contribution in [-0.2, 0) is 9.59 Å². The zero-order valence-corrected chi connectivity index (χ0v) is 9.82. The first-order chi connectivity index (χ1) is 7.09. The zero-order chi connectivity index (χ0) is 11.0. The van der Waals surface area contributed by atoms with Gasteiger partial charge in [-0.1, -0.05) is 22.9 Å². The van der Waals surface area contributed by atoms with Gasteiger partial charge in [0.25, 0.3) is 0 Å². The number of carbonyl (C=O) groups is 2. The van der Waals surface area contributed by atoms with Crippen LogP contribution in [-0.4, -0.2) is 11.8 Å². The van der Waals surface area contributed by atoms with Crippen LogP contribution in [0.5, 0.6) is 0 Å². The van der Waals surface area contributed by atoms with Crippen molar-refractivity contribution in [3.8, 4) is 0 Å². The Morgan fingerprint density at radius 1 is 1.27 bits per heavy atom. The van der Waals surface area contributed by atoms with Crippen LogP contribution < -0.4 is 4.90 Å². The SMILES string of the molecule is CC1CC(=O)N(c2ccc(Br)cc2)C1=O. The fourth-order valence-corrected chi connectivity index (χ4v) is 1.91. The molecule has 1 aliphatic rings. The van der Waals surface area contributed by atoms with E-state index in [4.69, 9.17) is 0 Å². The van der Waals surface area contributed by atoms with E-state index in [0.29, 0.717) is 12.1 Å². The number of benzene rings is 1. The number of rotatable bonds is 1. The third kappa shape index (κ3) is 1.81. The first kappa shape index (κ1) is 10.4. The molecule has 1 aromatic rings. The van der Waals surface area contributed by atoms with E-state index < -0.39 is 0 Å². The molecule has 2 rings (SSSR count). The normalized spacial score (nSPS) is 21.2. The van der Waals surface area contributed by atoms with Gasteiger partial charge in [0.1, 0.15) is 0 Å². The van der Waals surface area contributed by atoms with E-state index in [1.165, 1.54) is 4.90 Å². The second-order valence-electron chi connectivity index (χ2n) is 3.65. The molecular formula is C11H10BrNO2. The summed E-state index contributed by atoms with van der Waals surface area (Å²) in [6.07, 6.45) is 0.314. The van der Waals surface area contributed by atoms with Gasteiger partial charge in [0.05, 0.1) is 5.69 Å². The Morgan fingerprint density at radius 2 is 1.87 bits per heavy atom. The molecule has 1 atom stereocenters. The summed E-state index contributed by atoms with van der Waals surface area (Å²) in [6.45, 7) is 1.78. The third-order valence-corrected chi connectivity index (χ3v) is 2.99. The predicted molar refractivity (Wildman–Crippen MR) is 60.4 cm³/mol. The summed E-state index contributed by atoms with van der Waals surface area (Å²) in [5, 5.41) is 0. The molecule has 78 valence electrons. The Labute approximate surface area is 96.2 Å². The number of hydrogen-bond donors (Lipinski definition) is 0. The highest BCUT2D eigenvalue weighted by Gasteiger charge is 2.36. The molecule has 3 nitrogen and oxygen atoms in total. The van der Waals surface area contributed by atoms with Gasteiger partial charge in [-0.2, -0.15) is 0 Å². The first-order valence-corrected chi connectivity index (χ1v) is 5.51. The highest BCUT2D eigenvalue weighted by atomic mass is 79.9. The van der Waals surface area contributed by atoms with Crippen LogP contribution in [0.25, 0.3) is 0 Å². The Bertz CT molecular complexity index is 413. The minimum atomic E-state index is -0.193. The summed E-state index contributed by atoms with van der Waals surface area (Å²) in [5.41, 5.74) is 0.651. The topological polar surface area (TPSA) is 37.4 Å². The van der Waals surface area contributed by atoms with E-state index in [1.807, 2.05) is 12.1 Å². The standard InChI is InChI=1S/C11H10BrNO2/c1-7-6-10(14)13(11(7)15)9-4-2-8(12)3-5-9/h2-5,7H,6H2,1H3. The van der Waals surface area contributed by atoms with E-state index in [9.17, 15) is 9.59 Å². The van der Waals surface area contributed by atoms with Crippen molar-refractivity contribution >= 4 is 33.4 Å². The van der Waals surface area contributed by atoms with E-state index in [0.717, 1.165) is 4.47 Å². The Balaban J connectivity index is 2.35. The molecule has 15 heavy (non-hydrogen) atoms. The Kier molecular flexibility index (Phi) is 2.61. The van der Waals surface area contributed by atoms with Crippen LogP contribution in [0.1, 0.15) is 13.3 Å². The van der Waals surface area contributed by atoms with Crippen LogP contribution in [0.15, 0.2) is 28.7 Å². The maximum atomic E-state index is 11.7. The van der Waals surface area contributed by atoms with Crippen molar-refractivity contribution in [2.24, 2.45) is 5.92 Å². The molecule has 0 bridgehead atoms. The Morgan fingerprint density at radius 3 is 2.33 bits per heavy atom. The molecule has 1 unspecified atom stereocenters. The van der Waals surface area contributed by atoms with E-state index >= 15 is 0 Å². The number of carbonyl (C=O) groups excluding carboxylic acids is 2. The van der Waals surface area contributed by atoms with E-state index in [2.05, 4.69) is 15.9 Å². The predicted octanol–water partition coefficient (Wildman–Crippen LogP) is 2.35. The number of nitrogens with zero attached hydrogens (tertiary/aromatic N) is 1. The van der Waals surface area contributed by atoms with Crippen molar-refractivity contribution in [1.29, 1.82) is 0 Å². The summed E-state index contributed by atoms with van der Waals surface area (Å²) in [7, 11) is 0. The fourth-order valence-electron chi connectivity index (χ4n) is 1.65. The average Bonchev–Trinajstić information content (AvgIpc) is 2.44. The molecule has 2 amide bonds. The summed E-state index contributed by atoms with van der Waals surface area (Å²) < 4.78 is 0.929. The maximum Gasteiger partial charge on any atom is 0.237 e. The molecule has 1 fully saturated rings. The molecule has 0 radical (unpaired) electrons. The van der Waals surface area contributed by atoms with E-state index in [1.54, 1.807) is 19.1 Å². The highest BCUT2D eigenvalue weighted by molar-refractivity contribution is 9.10. The lowest BCUT2D eigenvalue weighted by Crippen LogP contribution is -2.29. The quantitative estimate of drug-likeness (QED) is 0.733. The van der Waals surface area contributed by atoms with Gasteiger partial charge in [-0.3, -0.25) is 14.5 Å². The van der Waals surface area contributed by atoms with E-state index in [-0.39, 0.29) is 17.7 Å². The summed E-state index contributed by atoms with van der Waals surface area (Å²) >= 11 is 3.31. The van der Waals surface area contributed by atoms with Gasteiger partial charge in [0, 0.05) is 16.8 Å². The van der Waals surface area contributed by atoms with Gasteiger partial charge in [-0.05, 0) is 24.3 Å². The number of hydrogen-bond acceptors (Lipinski definition) is 2. The number of anilines is 1. The summed E-state index contributed by atoms with van der Waals surface area (Å²) in [4.78, 5) is 24.5. The number of imide groups is 1. The van der Waals surface area contributed by atoms with Gasteiger partial charge in [0.2, 0.25) is 11.8 Å². The van der Waals surface area contributed by atoms with Gasteiger partial charge < -0.3 is 0 Å². The van der Waals surface area contributed by atoms with Gasteiger partial charge in [-0.25, -0.2) is 0 Å². The lowest BCUT2D eigenvalue weighted by atomic mass is 10.1. The van der Waals surface area contributed by atoms with Crippen molar-refractivity contribution in [3.05, 3.63) is 28.7 Å². The summed E-state index contributed by atoms with van der Waals surface area (Å²) in [6, 6.07) is 7.16. The molecule has 4 heteroatoms. The van der Waals surface area contributed by atoms with Crippen LogP contribution in [0, 0.1) is 5.92 Å². The van der Waals surface area contributed by atoms with Crippen molar-refractivity contribution in [2.75, 3.05) is 4.90 Å². The number of halogens is 1. The largest absolute Gasteiger partial charge is 0.274 e. The second kappa shape index (κ2) is 3.77. The lowest BCUT2D eigenvalue weighted by molar-refractivity contribution is -0.122. The minimum Gasteiger partial charge on any atom is -0.274 e. The minimum absolute atomic E-state index is 0.109. The molecule has 1 heterocycles. The average molecular weight is 268 g/mol. The summed E-state index contributed by atoms with van der Waals surface area (Å²) in [5.74, 6) is -0.418. The van der Waals surface area contributed by atoms with Crippen LogP contribution in [0.2, 0.25) is 0 Å². The van der Waals surface area contributed by atoms with Crippen molar-refractivity contribution < 1.29 is 9.59 Å². The van der Waals surface area contributed by atoms with Crippen LogP contribution in [0.3, 0.4) is 0 Å². The zero-order valence-electron chi connectivity index (χ0n) is 8.24. The van der Waals surface area contributed by atoms with Gasteiger partial charge in [-0.15, -0.1) is 0 Å². The van der Waals surface area contributed by atoms with Crippen molar-refractivity contribution in [1.82, 2.24) is 0 Å². The lowest BCUT2D eigenvalue weighted by Gasteiger charge is -2.14. The molecule has 0 N–H and O–H groups in total. The van der Waals surface area contributed by atoms with Crippen molar-refractivity contribution in [3.63, 3.8) is 0 Å². The van der Waals surface area contributed by atoms with Gasteiger partial charge in [0.15, 0.2) is 0 Å². The molecule has 0 saturated carbocycles. The smallest absolute Gasteiger partial charge is 0.237 e. The molecule has 1 aliphatic heterocycles. The van der Waals surface area contributed by atoms with Crippen molar-refractivity contribution in [2.45, 2.75) is 13.3 Å². The molecular weight excluding hydrogens is 258 g/mol. The van der Waals surface area contributed by atoms with Gasteiger partial charge >= 0.3 is 0 Å². The first-order valence-electron chi connectivity index (χ1n) is 4.72. The molecule has 1 saturated heterocycles. The molecule has 1 aromatic carbocycles. The maximum absolute atomic E-state index is 11.7. The Hall–Kier alpha value is -1.16. The third-order valence-electron chi connectivity index (χ3n) is 2.46. The molecule has 0 aliphatic carbocycles. The number of amides is 2. The molecule has 0 spiro atoms. The van der Waals surface area contributed by atoms with Crippen LogP contribution in [0.4, 0.5) is 5.69 Å². The van der Waals surface area contributed by atoms with Crippen LogP contribution >= 0.6 is 15.9 Å². The second-order valence-corrected chi connectivity index (χ2v) is 4.56. The fraction of sp³-hybridized carbons (Fsp3) is 0.273. The monoisotopic (exact) mass is 267 g/mol. The molecule has 0 aromatic heterocycles.